The molecule has 1 heterocycles. The van der Waals surface area contributed by atoms with Crippen molar-refractivity contribution >= 4 is 38.4 Å². The smallest absolute Gasteiger partial charge is 0.350 e. The summed E-state index contributed by atoms with van der Waals surface area (Å²) >= 11 is 8.80. The number of nitrogens with one attached hydrogen (secondary N) is 1. The van der Waals surface area contributed by atoms with Gasteiger partial charge in [-0.3, -0.25) is 0 Å². The average Bonchev–Trinajstić information content (AvgIpc) is 2.50. The van der Waals surface area contributed by atoms with E-state index in [4.69, 9.17) is 11.6 Å². The van der Waals surface area contributed by atoms with Crippen molar-refractivity contribution in [2.75, 3.05) is 0 Å². The van der Waals surface area contributed by atoms with Gasteiger partial charge in [0.15, 0.2) is 0 Å². The number of hydrogen-bond acceptors (Lipinski definition) is 0. The second-order valence-electron chi connectivity index (χ2n) is 3.41. The van der Waals surface area contributed by atoms with E-state index in [0.29, 0.717) is 21.5 Å². The number of fused-ring (bicyclic) bond motifs is 1. The molecule has 16 heavy (non-hydrogen) atoms. The third kappa shape index (κ3) is 1.72. The van der Waals surface area contributed by atoms with Gasteiger partial charge < -0.3 is 4.98 Å². The van der Waals surface area contributed by atoms with Gasteiger partial charge in [0.1, 0.15) is 5.69 Å². The second kappa shape index (κ2) is 3.67. The first kappa shape index (κ1) is 11.8. The quantitative estimate of drug-likeness (QED) is 0.711. The van der Waals surface area contributed by atoms with Crippen LogP contribution in [-0.4, -0.2) is 4.98 Å². The molecule has 0 unspecified atom stereocenters. The van der Waals surface area contributed by atoms with E-state index in [2.05, 4.69) is 20.9 Å². The van der Waals surface area contributed by atoms with Gasteiger partial charge in [-0.2, -0.15) is 13.2 Å². The van der Waals surface area contributed by atoms with Gasteiger partial charge in [-0.25, -0.2) is 0 Å². The van der Waals surface area contributed by atoms with Gasteiger partial charge >= 0.3 is 6.18 Å². The zero-order chi connectivity index (χ0) is 12.1. The van der Waals surface area contributed by atoms with Crippen molar-refractivity contribution < 1.29 is 13.2 Å². The van der Waals surface area contributed by atoms with E-state index in [1.807, 2.05) is 0 Å². The highest BCUT2D eigenvalue weighted by Crippen LogP contribution is 2.40. The van der Waals surface area contributed by atoms with Crippen molar-refractivity contribution in [1.82, 2.24) is 4.98 Å². The van der Waals surface area contributed by atoms with Crippen LogP contribution in [0.4, 0.5) is 13.2 Å². The molecule has 86 valence electrons. The summed E-state index contributed by atoms with van der Waals surface area (Å²) in [4.78, 5) is 2.36. The number of aryl methyl sites for hydroxylation is 1. The number of halogens is 5. The fourth-order valence-electron chi connectivity index (χ4n) is 1.54. The van der Waals surface area contributed by atoms with Crippen LogP contribution in [0, 0.1) is 6.92 Å². The van der Waals surface area contributed by atoms with Gasteiger partial charge in [0.05, 0.1) is 9.99 Å². The minimum atomic E-state index is -4.41. The summed E-state index contributed by atoms with van der Waals surface area (Å²) in [6.07, 6.45) is -4.41. The van der Waals surface area contributed by atoms with Crippen LogP contribution in [0.5, 0.6) is 0 Å². The predicted molar refractivity (Wildman–Crippen MR) is 60.7 cm³/mol. The third-order valence-electron chi connectivity index (χ3n) is 2.39. The fraction of sp³-hybridized carbons (Fsp3) is 0.200. The van der Waals surface area contributed by atoms with Crippen LogP contribution >= 0.6 is 27.5 Å². The van der Waals surface area contributed by atoms with Crippen molar-refractivity contribution in [2.45, 2.75) is 13.1 Å². The van der Waals surface area contributed by atoms with Crippen LogP contribution in [0.25, 0.3) is 10.9 Å². The Labute approximate surface area is 103 Å². The Morgan fingerprint density at radius 3 is 2.50 bits per heavy atom. The molecule has 0 aliphatic rings. The number of aromatic amines is 1. The fourth-order valence-corrected chi connectivity index (χ4v) is 2.35. The number of rotatable bonds is 0. The topological polar surface area (TPSA) is 15.8 Å². The molecular formula is C10H6BrClF3N. The number of hydrogen-bond donors (Lipinski definition) is 1. The van der Waals surface area contributed by atoms with Crippen molar-refractivity contribution in [2.24, 2.45) is 0 Å². The molecule has 0 saturated heterocycles. The molecule has 6 heteroatoms. The monoisotopic (exact) mass is 311 g/mol. The SMILES string of the molecule is Cc1c(Cl)ccc2c(Br)c(C(F)(F)F)[nH]c12. The Bertz CT molecular complexity index is 559. The van der Waals surface area contributed by atoms with Crippen LogP contribution in [-0.2, 0) is 6.18 Å². The van der Waals surface area contributed by atoms with Crippen LogP contribution in [0.2, 0.25) is 5.02 Å². The van der Waals surface area contributed by atoms with E-state index in [1.54, 1.807) is 19.1 Å². The Morgan fingerprint density at radius 2 is 1.94 bits per heavy atom. The standard InChI is InChI=1S/C10H6BrClF3N/c1-4-6(12)3-2-5-7(11)9(10(13,14)15)16-8(4)5/h2-3,16H,1H3. The maximum atomic E-state index is 12.6. The molecule has 2 rings (SSSR count). The van der Waals surface area contributed by atoms with E-state index in [-0.39, 0.29) is 4.47 Å². The summed E-state index contributed by atoms with van der Waals surface area (Å²) in [5.41, 5.74) is 0.231. The Kier molecular flexibility index (Phi) is 2.70. The van der Waals surface area contributed by atoms with Crippen LogP contribution in [0.15, 0.2) is 16.6 Å². The molecular weight excluding hydrogens is 306 g/mol. The molecule has 0 aliphatic carbocycles. The molecule has 0 aliphatic heterocycles. The zero-order valence-electron chi connectivity index (χ0n) is 8.04. The van der Waals surface area contributed by atoms with E-state index in [9.17, 15) is 13.2 Å². The second-order valence-corrected chi connectivity index (χ2v) is 4.61. The zero-order valence-corrected chi connectivity index (χ0v) is 10.4. The number of benzene rings is 1. The third-order valence-corrected chi connectivity index (χ3v) is 3.62. The normalized spacial score (nSPS) is 12.4. The predicted octanol–water partition coefficient (Wildman–Crippen LogP) is 4.91. The molecule has 1 aromatic heterocycles. The van der Waals surface area contributed by atoms with Gasteiger partial charge in [0.2, 0.25) is 0 Å². The lowest BCUT2D eigenvalue weighted by Gasteiger charge is -2.03. The highest BCUT2D eigenvalue weighted by atomic mass is 79.9. The summed E-state index contributed by atoms with van der Waals surface area (Å²) in [7, 11) is 0. The van der Waals surface area contributed by atoms with Crippen molar-refractivity contribution in [3.05, 3.63) is 32.9 Å². The summed E-state index contributed by atoms with van der Waals surface area (Å²) in [5.74, 6) is 0. The highest BCUT2D eigenvalue weighted by molar-refractivity contribution is 9.10. The maximum Gasteiger partial charge on any atom is 0.432 e. The summed E-state index contributed by atoms with van der Waals surface area (Å²) in [6.45, 7) is 1.67. The lowest BCUT2D eigenvalue weighted by atomic mass is 10.2. The van der Waals surface area contributed by atoms with Gasteiger partial charge in [-0.15, -0.1) is 0 Å². The summed E-state index contributed by atoms with van der Waals surface area (Å²) in [5, 5.41) is 0.921. The minimum absolute atomic E-state index is 0.0229. The van der Waals surface area contributed by atoms with Crippen molar-refractivity contribution in [3.8, 4) is 0 Å². The first-order chi connectivity index (χ1) is 7.32. The molecule has 2 aromatic rings. The van der Waals surface area contributed by atoms with Gasteiger partial charge in [-0.1, -0.05) is 17.7 Å². The Balaban J connectivity index is 2.83. The molecule has 1 N–H and O–H groups in total. The van der Waals surface area contributed by atoms with Gasteiger partial charge in [-0.05, 0) is 34.5 Å². The molecule has 0 fully saturated rings. The Hall–Kier alpha value is -0.680. The molecule has 0 spiro atoms. The molecule has 1 nitrogen and oxygen atoms in total. The average molecular weight is 313 g/mol. The van der Waals surface area contributed by atoms with E-state index >= 15 is 0 Å². The maximum absolute atomic E-state index is 12.6. The number of aromatic nitrogens is 1. The van der Waals surface area contributed by atoms with E-state index < -0.39 is 11.9 Å². The van der Waals surface area contributed by atoms with Gasteiger partial charge in [0, 0.05) is 10.4 Å². The number of H-pyrrole nitrogens is 1. The summed E-state index contributed by atoms with van der Waals surface area (Å²) in [6, 6.07) is 3.14. The van der Waals surface area contributed by atoms with Crippen molar-refractivity contribution in [3.63, 3.8) is 0 Å². The lowest BCUT2D eigenvalue weighted by Crippen LogP contribution is -2.05. The van der Waals surface area contributed by atoms with Crippen LogP contribution in [0.3, 0.4) is 0 Å². The molecule has 0 bridgehead atoms. The Morgan fingerprint density at radius 1 is 1.31 bits per heavy atom. The molecule has 0 amide bonds. The summed E-state index contributed by atoms with van der Waals surface area (Å²) < 4.78 is 37.9. The lowest BCUT2D eigenvalue weighted by molar-refractivity contribution is -0.141. The van der Waals surface area contributed by atoms with Gasteiger partial charge in [0.25, 0.3) is 0 Å². The van der Waals surface area contributed by atoms with Crippen LogP contribution < -0.4 is 0 Å². The molecule has 0 atom stereocenters. The molecule has 0 radical (unpaired) electrons. The minimum Gasteiger partial charge on any atom is -0.350 e. The molecule has 0 saturated carbocycles. The van der Waals surface area contributed by atoms with Crippen LogP contribution in [0.1, 0.15) is 11.3 Å². The van der Waals surface area contributed by atoms with E-state index in [0.717, 1.165) is 0 Å². The number of alkyl halides is 3. The van der Waals surface area contributed by atoms with Crippen molar-refractivity contribution in [1.29, 1.82) is 0 Å². The first-order valence-corrected chi connectivity index (χ1v) is 5.53. The largest absolute Gasteiger partial charge is 0.432 e. The molecule has 1 aromatic carbocycles. The first-order valence-electron chi connectivity index (χ1n) is 4.36. The highest BCUT2D eigenvalue weighted by Gasteiger charge is 2.36. The van der Waals surface area contributed by atoms with E-state index in [1.165, 1.54) is 0 Å².